The van der Waals surface area contributed by atoms with Crippen LogP contribution in [-0.4, -0.2) is 40.6 Å². The van der Waals surface area contributed by atoms with E-state index in [2.05, 4.69) is 10.1 Å². The van der Waals surface area contributed by atoms with Crippen LogP contribution in [0.1, 0.15) is 18.9 Å². The minimum absolute atomic E-state index is 0.128. The molecule has 1 saturated heterocycles. The standard InChI is InChI=1S/C13H15FN4O2S/c14-11-1-3-13(4-2-11)21(19,20)17-7-5-12(6-8-17)18-10-15-9-16-18/h1-4,9-10,12H,5-8H2. The SMILES string of the molecule is O=S(=O)(c1ccc(F)cc1)N1CCC(n2cncn2)CC1. The highest BCUT2D eigenvalue weighted by Crippen LogP contribution is 2.26. The van der Waals surface area contributed by atoms with Gasteiger partial charge in [0, 0.05) is 13.1 Å². The number of nitrogens with zero attached hydrogens (tertiary/aromatic N) is 4. The molecule has 2 heterocycles. The van der Waals surface area contributed by atoms with Crippen LogP contribution in [0, 0.1) is 5.82 Å². The van der Waals surface area contributed by atoms with Gasteiger partial charge in [-0.2, -0.15) is 9.40 Å². The fraction of sp³-hybridized carbons (Fsp3) is 0.385. The molecule has 0 amide bonds. The molecule has 0 atom stereocenters. The predicted octanol–water partition coefficient (Wildman–Crippen LogP) is 1.44. The molecule has 2 aromatic rings. The molecule has 1 fully saturated rings. The Hall–Kier alpha value is -1.80. The first kappa shape index (κ1) is 14.2. The van der Waals surface area contributed by atoms with Gasteiger partial charge in [0.2, 0.25) is 10.0 Å². The number of benzene rings is 1. The molecule has 21 heavy (non-hydrogen) atoms. The Kier molecular flexibility index (Phi) is 3.73. The Bertz CT molecular complexity index is 692. The minimum atomic E-state index is -3.55. The summed E-state index contributed by atoms with van der Waals surface area (Å²) in [6.07, 6.45) is 4.49. The van der Waals surface area contributed by atoms with Crippen molar-refractivity contribution in [2.75, 3.05) is 13.1 Å². The van der Waals surface area contributed by atoms with E-state index >= 15 is 0 Å². The Morgan fingerprint density at radius 2 is 1.81 bits per heavy atom. The van der Waals surface area contributed by atoms with E-state index in [0.717, 1.165) is 12.1 Å². The van der Waals surface area contributed by atoms with Gasteiger partial charge in [0.15, 0.2) is 0 Å². The third-order valence-corrected chi connectivity index (χ3v) is 5.60. The van der Waals surface area contributed by atoms with Crippen LogP contribution in [0.3, 0.4) is 0 Å². The quantitative estimate of drug-likeness (QED) is 0.860. The lowest BCUT2D eigenvalue weighted by molar-refractivity contribution is 0.260. The fourth-order valence-electron chi connectivity index (χ4n) is 2.51. The second kappa shape index (κ2) is 5.53. The summed E-state index contributed by atoms with van der Waals surface area (Å²) < 4.78 is 41.0. The van der Waals surface area contributed by atoms with Crippen LogP contribution < -0.4 is 0 Å². The van der Waals surface area contributed by atoms with Gasteiger partial charge in [0.25, 0.3) is 0 Å². The molecule has 1 aromatic carbocycles. The van der Waals surface area contributed by atoms with Crippen molar-refractivity contribution in [2.24, 2.45) is 0 Å². The average molecular weight is 310 g/mol. The minimum Gasteiger partial charge on any atom is -0.250 e. The molecule has 8 heteroatoms. The van der Waals surface area contributed by atoms with Crippen LogP contribution in [0.5, 0.6) is 0 Å². The van der Waals surface area contributed by atoms with Crippen LogP contribution in [0.25, 0.3) is 0 Å². The first-order valence-corrected chi connectivity index (χ1v) is 8.11. The van der Waals surface area contributed by atoms with Crippen molar-refractivity contribution in [2.45, 2.75) is 23.8 Å². The summed E-state index contributed by atoms with van der Waals surface area (Å²) in [5, 5.41) is 4.09. The van der Waals surface area contributed by atoms with Crippen LogP contribution >= 0.6 is 0 Å². The molecule has 1 aromatic heterocycles. The van der Waals surface area contributed by atoms with Gasteiger partial charge in [-0.25, -0.2) is 22.5 Å². The van der Waals surface area contributed by atoms with Crippen LogP contribution in [-0.2, 0) is 10.0 Å². The summed E-state index contributed by atoms with van der Waals surface area (Å²) in [6.45, 7) is 0.842. The van der Waals surface area contributed by atoms with Gasteiger partial charge in [-0.05, 0) is 37.1 Å². The number of piperidine rings is 1. The van der Waals surface area contributed by atoms with Crippen LogP contribution in [0.4, 0.5) is 4.39 Å². The molecule has 1 aliphatic heterocycles. The lowest BCUT2D eigenvalue weighted by atomic mass is 10.1. The molecule has 0 N–H and O–H groups in total. The third-order valence-electron chi connectivity index (χ3n) is 3.69. The summed E-state index contributed by atoms with van der Waals surface area (Å²) in [5.74, 6) is -0.446. The molecule has 0 unspecified atom stereocenters. The Morgan fingerprint density at radius 3 is 2.38 bits per heavy atom. The molecule has 0 saturated carbocycles. The smallest absolute Gasteiger partial charge is 0.243 e. The first-order valence-electron chi connectivity index (χ1n) is 6.67. The van der Waals surface area contributed by atoms with Crippen molar-refractivity contribution in [3.8, 4) is 0 Å². The number of sulfonamides is 1. The monoisotopic (exact) mass is 310 g/mol. The van der Waals surface area contributed by atoms with Crippen molar-refractivity contribution in [3.05, 3.63) is 42.7 Å². The molecular formula is C13H15FN4O2S. The van der Waals surface area contributed by atoms with Gasteiger partial charge < -0.3 is 0 Å². The molecular weight excluding hydrogens is 295 g/mol. The van der Waals surface area contributed by atoms with Gasteiger partial charge in [0.1, 0.15) is 18.5 Å². The summed E-state index contributed by atoms with van der Waals surface area (Å²) in [6, 6.07) is 5.10. The zero-order chi connectivity index (χ0) is 14.9. The van der Waals surface area contributed by atoms with Crippen molar-refractivity contribution in [1.29, 1.82) is 0 Å². The topological polar surface area (TPSA) is 68.1 Å². The van der Waals surface area contributed by atoms with E-state index in [9.17, 15) is 12.8 Å². The van der Waals surface area contributed by atoms with Crippen molar-refractivity contribution >= 4 is 10.0 Å². The van der Waals surface area contributed by atoms with Gasteiger partial charge in [-0.3, -0.25) is 0 Å². The molecule has 6 nitrogen and oxygen atoms in total. The van der Waals surface area contributed by atoms with Crippen LogP contribution in [0.15, 0.2) is 41.8 Å². The number of rotatable bonds is 3. The van der Waals surface area contributed by atoms with Gasteiger partial charge in [-0.15, -0.1) is 0 Å². The van der Waals surface area contributed by atoms with Crippen molar-refractivity contribution < 1.29 is 12.8 Å². The summed E-state index contributed by atoms with van der Waals surface area (Å²) in [7, 11) is -3.55. The van der Waals surface area contributed by atoms with E-state index in [1.54, 1.807) is 11.0 Å². The van der Waals surface area contributed by atoms with Gasteiger partial charge in [-0.1, -0.05) is 0 Å². The highest BCUT2D eigenvalue weighted by Gasteiger charge is 2.30. The largest absolute Gasteiger partial charge is 0.250 e. The van der Waals surface area contributed by atoms with E-state index in [0.29, 0.717) is 25.9 Å². The second-order valence-corrected chi connectivity index (χ2v) is 6.90. The Balaban J connectivity index is 1.72. The number of aromatic nitrogens is 3. The maximum atomic E-state index is 12.9. The highest BCUT2D eigenvalue weighted by atomic mass is 32.2. The average Bonchev–Trinajstić information content (AvgIpc) is 3.02. The highest BCUT2D eigenvalue weighted by molar-refractivity contribution is 7.89. The molecule has 3 rings (SSSR count). The Morgan fingerprint density at radius 1 is 1.14 bits per heavy atom. The number of hydrogen-bond donors (Lipinski definition) is 0. The van der Waals surface area contributed by atoms with E-state index < -0.39 is 15.8 Å². The van der Waals surface area contributed by atoms with E-state index in [1.807, 2.05) is 0 Å². The van der Waals surface area contributed by atoms with E-state index in [4.69, 9.17) is 0 Å². The van der Waals surface area contributed by atoms with Gasteiger partial charge >= 0.3 is 0 Å². The number of halogens is 1. The Labute approximate surface area is 122 Å². The lowest BCUT2D eigenvalue weighted by Crippen LogP contribution is -2.39. The first-order chi connectivity index (χ1) is 10.1. The summed E-state index contributed by atoms with van der Waals surface area (Å²) >= 11 is 0. The normalized spacial score (nSPS) is 18.0. The maximum absolute atomic E-state index is 12.9. The summed E-state index contributed by atoms with van der Waals surface area (Å²) in [5.41, 5.74) is 0. The lowest BCUT2D eigenvalue weighted by Gasteiger charge is -2.31. The van der Waals surface area contributed by atoms with Crippen molar-refractivity contribution in [1.82, 2.24) is 19.1 Å². The van der Waals surface area contributed by atoms with E-state index in [1.165, 1.54) is 22.8 Å². The zero-order valence-electron chi connectivity index (χ0n) is 11.3. The zero-order valence-corrected chi connectivity index (χ0v) is 12.1. The predicted molar refractivity (Wildman–Crippen MR) is 73.5 cm³/mol. The molecule has 0 bridgehead atoms. The van der Waals surface area contributed by atoms with Crippen molar-refractivity contribution in [3.63, 3.8) is 0 Å². The molecule has 0 radical (unpaired) electrons. The van der Waals surface area contributed by atoms with E-state index in [-0.39, 0.29) is 10.9 Å². The summed E-state index contributed by atoms with van der Waals surface area (Å²) in [4.78, 5) is 4.03. The van der Waals surface area contributed by atoms with Crippen LogP contribution in [0.2, 0.25) is 0 Å². The van der Waals surface area contributed by atoms with Gasteiger partial charge in [0.05, 0.1) is 10.9 Å². The molecule has 112 valence electrons. The fourth-order valence-corrected chi connectivity index (χ4v) is 3.98. The molecule has 0 spiro atoms. The molecule has 1 aliphatic rings. The molecule has 0 aliphatic carbocycles. The maximum Gasteiger partial charge on any atom is 0.243 e. The number of hydrogen-bond acceptors (Lipinski definition) is 4. The third kappa shape index (κ3) is 2.81. The second-order valence-electron chi connectivity index (χ2n) is 4.96.